The minimum absolute atomic E-state index is 0.537. The van der Waals surface area contributed by atoms with Gasteiger partial charge in [-0.15, -0.1) is 0 Å². The van der Waals surface area contributed by atoms with Crippen LogP contribution in [-0.4, -0.2) is 38.9 Å². The number of aryl methyl sites for hydroxylation is 1. The normalized spacial score (nSPS) is 11.4. The Morgan fingerprint density at radius 2 is 2.12 bits per heavy atom. The van der Waals surface area contributed by atoms with Gasteiger partial charge in [0.25, 0.3) is 0 Å². The third kappa shape index (κ3) is 5.53. The first kappa shape index (κ1) is 17.7. The zero-order valence-electron chi connectivity index (χ0n) is 14.5. The number of rotatable bonds is 8. The Balaban J connectivity index is 1.91. The Bertz CT molecular complexity index is 636. The van der Waals surface area contributed by atoms with Gasteiger partial charge in [0.15, 0.2) is 5.96 Å². The van der Waals surface area contributed by atoms with E-state index in [2.05, 4.69) is 37.6 Å². The van der Waals surface area contributed by atoms with E-state index in [1.807, 2.05) is 26.1 Å². The number of aliphatic imine (C=N–C) groups is 1. The molecule has 8 nitrogen and oxygen atoms in total. The summed E-state index contributed by atoms with van der Waals surface area (Å²) in [5.74, 6) is 2.23. The molecule has 0 saturated carbocycles. The van der Waals surface area contributed by atoms with Gasteiger partial charge >= 0.3 is 0 Å². The van der Waals surface area contributed by atoms with Gasteiger partial charge < -0.3 is 15.4 Å². The number of pyridine rings is 1. The molecule has 130 valence electrons. The molecule has 0 saturated heterocycles. The van der Waals surface area contributed by atoms with Gasteiger partial charge in [-0.1, -0.05) is 13.0 Å². The van der Waals surface area contributed by atoms with E-state index in [0.717, 1.165) is 30.3 Å². The first-order valence-corrected chi connectivity index (χ1v) is 8.15. The van der Waals surface area contributed by atoms with Crippen LogP contribution in [0.1, 0.15) is 31.7 Å². The Labute approximate surface area is 142 Å². The van der Waals surface area contributed by atoms with Gasteiger partial charge in [0.2, 0.25) is 5.88 Å². The summed E-state index contributed by atoms with van der Waals surface area (Å²) in [5.41, 5.74) is 1.02. The van der Waals surface area contributed by atoms with E-state index in [0.29, 0.717) is 25.6 Å². The van der Waals surface area contributed by atoms with Crippen LogP contribution in [-0.2, 0) is 20.1 Å². The molecule has 0 atom stereocenters. The van der Waals surface area contributed by atoms with Crippen LogP contribution in [0.5, 0.6) is 5.88 Å². The van der Waals surface area contributed by atoms with Crippen LogP contribution < -0.4 is 15.4 Å². The van der Waals surface area contributed by atoms with E-state index >= 15 is 0 Å². The second-order valence-electron chi connectivity index (χ2n) is 5.20. The maximum Gasteiger partial charge on any atom is 0.213 e. The van der Waals surface area contributed by atoms with Crippen LogP contribution in [0.4, 0.5) is 0 Å². The van der Waals surface area contributed by atoms with Gasteiger partial charge in [-0.3, -0.25) is 4.68 Å². The van der Waals surface area contributed by atoms with Crippen LogP contribution in [0, 0.1) is 0 Å². The Hall–Kier alpha value is -2.64. The molecule has 0 spiro atoms. The summed E-state index contributed by atoms with van der Waals surface area (Å²) >= 11 is 0. The molecule has 2 aromatic heterocycles. The fourth-order valence-electron chi connectivity index (χ4n) is 1.95. The molecule has 0 aliphatic carbocycles. The van der Waals surface area contributed by atoms with Gasteiger partial charge in [0.05, 0.1) is 19.7 Å². The van der Waals surface area contributed by atoms with E-state index in [-0.39, 0.29) is 0 Å². The first-order valence-electron chi connectivity index (χ1n) is 8.15. The van der Waals surface area contributed by atoms with Crippen LogP contribution >= 0.6 is 0 Å². The van der Waals surface area contributed by atoms with Crippen molar-refractivity contribution in [3.05, 3.63) is 36.0 Å². The largest absolute Gasteiger partial charge is 0.478 e. The molecule has 2 heterocycles. The standard InChI is InChI=1S/C16H25N7O/c1-4-8-24-15-7-6-13(9-18-15)10-19-16(17-5-2)20-11-14-21-12-22-23(14)3/h6-7,9,12H,4-5,8,10-11H2,1-3H3,(H2,17,19,20). The zero-order chi connectivity index (χ0) is 17.2. The molecular formula is C16H25N7O. The van der Waals surface area contributed by atoms with Crippen molar-refractivity contribution in [1.82, 2.24) is 30.4 Å². The second-order valence-corrected chi connectivity index (χ2v) is 5.20. The van der Waals surface area contributed by atoms with Gasteiger partial charge in [-0.05, 0) is 18.9 Å². The van der Waals surface area contributed by atoms with E-state index in [1.165, 1.54) is 6.33 Å². The number of hydrogen-bond donors (Lipinski definition) is 2. The van der Waals surface area contributed by atoms with Crippen LogP contribution in [0.15, 0.2) is 29.6 Å². The topological polar surface area (TPSA) is 89.3 Å². The molecule has 0 fully saturated rings. The van der Waals surface area contributed by atoms with Crippen molar-refractivity contribution in [3.8, 4) is 5.88 Å². The van der Waals surface area contributed by atoms with E-state index < -0.39 is 0 Å². The van der Waals surface area contributed by atoms with Crippen LogP contribution in [0.25, 0.3) is 0 Å². The molecule has 0 aliphatic heterocycles. The summed E-state index contributed by atoms with van der Waals surface area (Å²) in [6.07, 6.45) is 4.30. The van der Waals surface area contributed by atoms with E-state index in [9.17, 15) is 0 Å². The molecule has 24 heavy (non-hydrogen) atoms. The van der Waals surface area contributed by atoms with Crippen molar-refractivity contribution in [2.45, 2.75) is 33.4 Å². The SMILES string of the molecule is CCCOc1ccc(CN=C(NCC)NCc2ncnn2C)cn1. The Kier molecular flexibility index (Phi) is 7.00. The minimum Gasteiger partial charge on any atom is -0.478 e. The highest BCUT2D eigenvalue weighted by Gasteiger charge is 2.03. The number of hydrogen-bond acceptors (Lipinski definition) is 5. The highest BCUT2D eigenvalue weighted by atomic mass is 16.5. The lowest BCUT2D eigenvalue weighted by atomic mass is 10.3. The monoisotopic (exact) mass is 331 g/mol. The van der Waals surface area contributed by atoms with Gasteiger partial charge in [-0.2, -0.15) is 5.10 Å². The average Bonchev–Trinajstić information content (AvgIpc) is 3.01. The zero-order valence-corrected chi connectivity index (χ0v) is 14.5. The molecule has 2 aromatic rings. The summed E-state index contributed by atoms with van der Waals surface area (Å²) in [6.45, 7) is 6.66. The highest BCUT2D eigenvalue weighted by molar-refractivity contribution is 5.79. The number of aromatic nitrogens is 4. The van der Waals surface area contributed by atoms with Crippen molar-refractivity contribution in [3.63, 3.8) is 0 Å². The maximum absolute atomic E-state index is 5.48. The average molecular weight is 331 g/mol. The Morgan fingerprint density at radius 1 is 1.25 bits per heavy atom. The van der Waals surface area contributed by atoms with E-state index in [1.54, 1.807) is 10.9 Å². The molecule has 0 bridgehead atoms. The molecular weight excluding hydrogens is 306 g/mol. The maximum atomic E-state index is 5.48. The smallest absolute Gasteiger partial charge is 0.213 e. The first-order chi connectivity index (χ1) is 11.7. The van der Waals surface area contributed by atoms with Gasteiger partial charge in [0.1, 0.15) is 12.2 Å². The fourth-order valence-corrected chi connectivity index (χ4v) is 1.95. The summed E-state index contributed by atoms with van der Waals surface area (Å²) in [4.78, 5) is 13.0. The van der Waals surface area contributed by atoms with Crippen molar-refractivity contribution in [2.24, 2.45) is 12.0 Å². The number of nitrogens with zero attached hydrogens (tertiary/aromatic N) is 5. The van der Waals surface area contributed by atoms with Crippen LogP contribution in [0.3, 0.4) is 0 Å². The second kappa shape index (κ2) is 9.49. The summed E-state index contributed by atoms with van der Waals surface area (Å²) in [5, 5.41) is 10.5. The molecule has 0 aromatic carbocycles. The predicted octanol–water partition coefficient (Wildman–Crippen LogP) is 1.25. The molecule has 2 rings (SSSR count). The highest BCUT2D eigenvalue weighted by Crippen LogP contribution is 2.08. The molecule has 0 unspecified atom stereocenters. The van der Waals surface area contributed by atoms with Gasteiger partial charge in [-0.25, -0.2) is 15.0 Å². The van der Waals surface area contributed by atoms with Crippen molar-refractivity contribution < 1.29 is 4.74 Å². The predicted molar refractivity (Wildman–Crippen MR) is 92.7 cm³/mol. The van der Waals surface area contributed by atoms with E-state index in [4.69, 9.17) is 4.74 Å². The number of nitrogens with one attached hydrogen (secondary N) is 2. The molecule has 8 heteroatoms. The van der Waals surface area contributed by atoms with Crippen molar-refractivity contribution in [2.75, 3.05) is 13.2 Å². The molecule has 0 radical (unpaired) electrons. The number of guanidine groups is 1. The minimum atomic E-state index is 0.537. The molecule has 0 aliphatic rings. The third-order valence-electron chi connectivity index (χ3n) is 3.23. The summed E-state index contributed by atoms with van der Waals surface area (Å²) in [6, 6.07) is 3.86. The molecule has 2 N–H and O–H groups in total. The fraction of sp³-hybridized carbons (Fsp3) is 0.500. The lowest BCUT2D eigenvalue weighted by molar-refractivity contribution is 0.305. The van der Waals surface area contributed by atoms with Gasteiger partial charge in [0, 0.05) is 25.9 Å². The van der Waals surface area contributed by atoms with Crippen molar-refractivity contribution >= 4 is 5.96 Å². The Morgan fingerprint density at radius 3 is 2.75 bits per heavy atom. The quantitative estimate of drug-likeness (QED) is 0.559. The lowest BCUT2D eigenvalue weighted by Gasteiger charge is -2.11. The van der Waals surface area contributed by atoms with Crippen molar-refractivity contribution in [1.29, 1.82) is 0 Å². The summed E-state index contributed by atoms with van der Waals surface area (Å²) in [7, 11) is 1.86. The third-order valence-corrected chi connectivity index (χ3v) is 3.23. The molecule has 0 amide bonds. The summed E-state index contributed by atoms with van der Waals surface area (Å²) < 4.78 is 7.21. The lowest BCUT2D eigenvalue weighted by Crippen LogP contribution is -2.37. The van der Waals surface area contributed by atoms with Crippen LogP contribution in [0.2, 0.25) is 0 Å². The number of ether oxygens (including phenoxy) is 1.